The van der Waals surface area contributed by atoms with E-state index in [0.29, 0.717) is 18.2 Å². The number of carboxylic acid groups (broad SMARTS) is 1. The molecule has 2 saturated heterocycles. The second-order valence-corrected chi connectivity index (χ2v) is 7.55. The first-order valence-corrected chi connectivity index (χ1v) is 9.44. The number of aliphatic carboxylic acids is 1. The predicted octanol–water partition coefficient (Wildman–Crippen LogP) is 2.15. The van der Waals surface area contributed by atoms with Crippen molar-refractivity contribution in [3.8, 4) is 5.75 Å². The van der Waals surface area contributed by atoms with Crippen molar-refractivity contribution in [2.75, 3.05) is 32.9 Å². The van der Waals surface area contributed by atoms with Gasteiger partial charge in [0.25, 0.3) is 0 Å². The average molecular weight is 363 g/mol. The third-order valence-corrected chi connectivity index (χ3v) is 5.86. The summed E-state index contributed by atoms with van der Waals surface area (Å²) in [4.78, 5) is 13.1. The second-order valence-electron chi connectivity index (χ2n) is 7.55. The highest BCUT2D eigenvalue weighted by molar-refractivity contribution is 5.68. The molecule has 2 atom stereocenters. The van der Waals surface area contributed by atoms with E-state index < -0.39 is 11.6 Å². The van der Waals surface area contributed by atoms with E-state index >= 15 is 0 Å². The molecule has 2 fully saturated rings. The van der Waals surface area contributed by atoms with Crippen molar-refractivity contribution < 1.29 is 24.5 Å². The Hall–Kier alpha value is -1.63. The smallest absolute Gasteiger partial charge is 0.341 e. The van der Waals surface area contributed by atoms with Gasteiger partial charge < -0.3 is 19.7 Å². The first-order valence-electron chi connectivity index (χ1n) is 9.44. The quantitative estimate of drug-likeness (QED) is 0.806. The van der Waals surface area contributed by atoms with Crippen molar-refractivity contribution in [1.29, 1.82) is 0 Å². The molecular weight excluding hydrogens is 334 g/mol. The van der Waals surface area contributed by atoms with Crippen LogP contribution in [0.4, 0.5) is 0 Å². The molecule has 26 heavy (non-hydrogen) atoms. The molecule has 2 heterocycles. The largest absolute Gasteiger partial charge is 0.482 e. The minimum atomic E-state index is -0.979. The molecule has 0 bridgehead atoms. The van der Waals surface area contributed by atoms with E-state index in [4.69, 9.17) is 14.6 Å². The molecule has 144 valence electrons. The number of carboxylic acids is 1. The van der Waals surface area contributed by atoms with Crippen LogP contribution in [0.15, 0.2) is 24.3 Å². The molecule has 6 heteroatoms. The number of rotatable bonds is 6. The fraction of sp³-hybridized carbons (Fsp3) is 0.650. The lowest BCUT2D eigenvalue weighted by molar-refractivity contribution is -0.139. The summed E-state index contributed by atoms with van der Waals surface area (Å²) < 4.78 is 10.9. The van der Waals surface area contributed by atoms with Crippen LogP contribution in [0, 0.1) is 11.8 Å². The molecule has 1 aromatic carbocycles. The summed E-state index contributed by atoms with van der Waals surface area (Å²) in [7, 11) is 0. The van der Waals surface area contributed by atoms with Crippen molar-refractivity contribution in [1.82, 2.24) is 4.90 Å². The van der Waals surface area contributed by atoms with E-state index in [1.165, 1.54) is 0 Å². The van der Waals surface area contributed by atoms with Gasteiger partial charge in [-0.15, -0.1) is 0 Å². The number of piperidine rings is 1. The zero-order valence-corrected chi connectivity index (χ0v) is 15.4. The summed E-state index contributed by atoms with van der Waals surface area (Å²) in [5.74, 6) is 0.145. The normalized spacial score (nSPS) is 28.0. The van der Waals surface area contributed by atoms with Gasteiger partial charge in [0, 0.05) is 38.4 Å². The monoisotopic (exact) mass is 363 g/mol. The highest BCUT2D eigenvalue weighted by Crippen LogP contribution is 2.39. The summed E-state index contributed by atoms with van der Waals surface area (Å²) in [6.45, 7) is 5.64. The fourth-order valence-corrected chi connectivity index (χ4v) is 4.32. The van der Waals surface area contributed by atoms with Crippen LogP contribution in [0.5, 0.6) is 5.75 Å². The molecule has 2 aliphatic rings. The summed E-state index contributed by atoms with van der Waals surface area (Å²) >= 11 is 0. The minimum Gasteiger partial charge on any atom is -0.482 e. The number of nitrogens with zero attached hydrogens (tertiary/aromatic N) is 1. The lowest BCUT2D eigenvalue weighted by atomic mass is 9.70. The lowest BCUT2D eigenvalue weighted by Gasteiger charge is -2.48. The first kappa shape index (κ1) is 19.1. The maximum absolute atomic E-state index is 11.3. The third kappa shape index (κ3) is 4.37. The van der Waals surface area contributed by atoms with Crippen molar-refractivity contribution in [3.05, 3.63) is 29.8 Å². The Kier molecular flexibility index (Phi) is 6.16. The standard InChI is InChI=1S/C20H29NO5/c1-15-12-21(9-8-20(15,24)17-6-10-25-11-7-17)13-16-4-2-3-5-18(16)26-14-19(22)23/h2-5,15,17,24H,6-14H2,1H3,(H,22,23)/t15-,20+/m1/s1. The maximum Gasteiger partial charge on any atom is 0.341 e. The Labute approximate surface area is 154 Å². The molecule has 3 rings (SSSR count). The van der Waals surface area contributed by atoms with E-state index in [1.807, 2.05) is 24.3 Å². The van der Waals surface area contributed by atoms with Gasteiger partial charge in [0.1, 0.15) is 5.75 Å². The Bertz CT molecular complexity index is 616. The third-order valence-electron chi connectivity index (χ3n) is 5.86. The van der Waals surface area contributed by atoms with Gasteiger partial charge in [0.05, 0.1) is 5.60 Å². The van der Waals surface area contributed by atoms with Crippen LogP contribution in [0.2, 0.25) is 0 Å². The molecule has 0 aromatic heterocycles. The van der Waals surface area contributed by atoms with E-state index in [9.17, 15) is 9.90 Å². The van der Waals surface area contributed by atoms with E-state index in [0.717, 1.165) is 51.1 Å². The average Bonchev–Trinajstić information content (AvgIpc) is 2.65. The Morgan fingerprint density at radius 1 is 1.35 bits per heavy atom. The molecule has 1 aromatic rings. The van der Waals surface area contributed by atoms with Crippen LogP contribution in [0.3, 0.4) is 0 Å². The topological polar surface area (TPSA) is 79.2 Å². The van der Waals surface area contributed by atoms with Crippen LogP contribution in [-0.2, 0) is 16.1 Å². The van der Waals surface area contributed by atoms with E-state index in [-0.39, 0.29) is 12.5 Å². The number of para-hydroxylation sites is 1. The van der Waals surface area contributed by atoms with Gasteiger partial charge in [-0.25, -0.2) is 4.79 Å². The van der Waals surface area contributed by atoms with Crippen LogP contribution < -0.4 is 4.74 Å². The molecule has 6 nitrogen and oxygen atoms in total. The SMILES string of the molecule is C[C@@H]1CN(Cc2ccccc2OCC(=O)O)CC[C@@]1(O)C1CCOCC1. The number of benzene rings is 1. The minimum absolute atomic E-state index is 0.187. The summed E-state index contributed by atoms with van der Waals surface area (Å²) in [6, 6.07) is 7.57. The number of hydrogen-bond donors (Lipinski definition) is 2. The van der Waals surface area contributed by atoms with Gasteiger partial charge in [-0.05, 0) is 37.2 Å². The van der Waals surface area contributed by atoms with Gasteiger partial charge in [-0.2, -0.15) is 0 Å². The number of carbonyl (C=O) groups is 1. The number of aliphatic hydroxyl groups is 1. The summed E-state index contributed by atoms with van der Waals surface area (Å²) in [5.41, 5.74) is 0.372. The second kappa shape index (κ2) is 8.37. The Morgan fingerprint density at radius 3 is 2.77 bits per heavy atom. The van der Waals surface area contributed by atoms with Crippen molar-refractivity contribution in [2.24, 2.45) is 11.8 Å². The molecular formula is C20H29NO5. The number of ether oxygens (including phenoxy) is 2. The van der Waals surface area contributed by atoms with Crippen molar-refractivity contribution >= 4 is 5.97 Å². The molecule has 0 aliphatic carbocycles. The zero-order valence-electron chi connectivity index (χ0n) is 15.4. The number of hydrogen-bond acceptors (Lipinski definition) is 5. The molecule has 2 aliphatic heterocycles. The maximum atomic E-state index is 11.3. The van der Waals surface area contributed by atoms with Crippen LogP contribution >= 0.6 is 0 Å². The Morgan fingerprint density at radius 2 is 2.08 bits per heavy atom. The lowest BCUT2D eigenvalue weighted by Crippen LogP contribution is -2.55. The summed E-state index contributed by atoms with van der Waals surface area (Å²) in [6.07, 6.45) is 2.64. The first-order chi connectivity index (χ1) is 12.5. The molecule has 0 spiro atoms. The molecule has 2 N–H and O–H groups in total. The molecule has 0 amide bonds. The van der Waals surface area contributed by atoms with Gasteiger partial charge in [-0.1, -0.05) is 25.1 Å². The van der Waals surface area contributed by atoms with Crippen LogP contribution in [0.1, 0.15) is 31.7 Å². The Balaban J connectivity index is 1.62. The molecule has 0 radical (unpaired) electrons. The summed E-state index contributed by atoms with van der Waals surface area (Å²) in [5, 5.41) is 20.1. The van der Waals surface area contributed by atoms with Crippen LogP contribution in [0.25, 0.3) is 0 Å². The van der Waals surface area contributed by atoms with Gasteiger partial charge in [-0.3, -0.25) is 4.90 Å². The highest BCUT2D eigenvalue weighted by Gasteiger charge is 2.45. The van der Waals surface area contributed by atoms with Gasteiger partial charge in [0.2, 0.25) is 0 Å². The van der Waals surface area contributed by atoms with Crippen LogP contribution in [-0.4, -0.2) is 59.6 Å². The zero-order chi connectivity index (χ0) is 18.6. The van der Waals surface area contributed by atoms with Gasteiger partial charge in [0.15, 0.2) is 6.61 Å². The molecule has 0 unspecified atom stereocenters. The van der Waals surface area contributed by atoms with Crippen molar-refractivity contribution in [3.63, 3.8) is 0 Å². The van der Waals surface area contributed by atoms with E-state index in [2.05, 4.69) is 11.8 Å². The predicted molar refractivity (Wildman–Crippen MR) is 97.1 cm³/mol. The fourth-order valence-electron chi connectivity index (χ4n) is 4.32. The van der Waals surface area contributed by atoms with Crippen molar-refractivity contribution in [2.45, 2.75) is 38.3 Å². The highest BCUT2D eigenvalue weighted by atomic mass is 16.5. The van der Waals surface area contributed by atoms with E-state index in [1.54, 1.807) is 0 Å². The van der Waals surface area contributed by atoms with Gasteiger partial charge >= 0.3 is 5.97 Å². The number of likely N-dealkylation sites (tertiary alicyclic amines) is 1. The molecule has 0 saturated carbocycles.